The monoisotopic (exact) mass is 295 g/mol. The van der Waals surface area contributed by atoms with E-state index in [0.717, 1.165) is 5.69 Å². The second-order valence-corrected chi connectivity index (χ2v) is 6.10. The Morgan fingerprint density at radius 3 is 2.70 bits per heavy atom. The maximum atomic E-state index is 12.2. The molecule has 7 nitrogen and oxygen atoms in total. The molecule has 0 aromatic carbocycles. The lowest BCUT2D eigenvalue weighted by atomic mass is 10.3. The van der Waals surface area contributed by atoms with E-state index in [0.29, 0.717) is 12.1 Å². The predicted octanol–water partition coefficient (Wildman–Crippen LogP) is 0.227. The summed E-state index contributed by atoms with van der Waals surface area (Å²) in [5, 5.41) is 3.91. The van der Waals surface area contributed by atoms with Crippen LogP contribution in [0.15, 0.2) is 29.3 Å². The van der Waals surface area contributed by atoms with E-state index in [1.54, 1.807) is 20.2 Å². The molecule has 0 radical (unpaired) electrons. The van der Waals surface area contributed by atoms with Crippen molar-refractivity contribution in [2.75, 3.05) is 12.3 Å². The standard InChI is InChI=1S/C12H17N5O2S/c1-9-11(12(13)16-17(9)2)20(18,19)15-8-6-10-5-3-4-7-14-10/h3-5,7,15H,6,8H2,1-2H3,(H2,13,16). The number of nitrogens with two attached hydrogens (primary N) is 1. The zero-order valence-corrected chi connectivity index (χ0v) is 12.2. The minimum absolute atomic E-state index is 0.00957. The Kier molecular flexibility index (Phi) is 4.05. The largest absolute Gasteiger partial charge is 0.381 e. The van der Waals surface area contributed by atoms with Crippen LogP contribution in [-0.2, 0) is 23.5 Å². The van der Waals surface area contributed by atoms with Crippen molar-refractivity contribution in [1.82, 2.24) is 19.5 Å². The average molecular weight is 295 g/mol. The molecule has 0 saturated heterocycles. The fourth-order valence-corrected chi connectivity index (χ4v) is 3.23. The normalized spacial score (nSPS) is 11.7. The van der Waals surface area contributed by atoms with Crippen LogP contribution in [0, 0.1) is 6.92 Å². The molecule has 0 spiro atoms. The first-order chi connectivity index (χ1) is 9.42. The van der Waals surface area contributed by atoms with Gasteiger partial charge in [-0.05, 0) is 19.1 Å². The number of anilines is 1. The molecule has 0 fully saturated rings. The van der Waals surface area contributed by atoms with E-state index in [1.165, 1.54) is 4.68 Å². The predicted molar refractivity (Wildman–Crippen MR) is 75.5 cm³/mol. The number of nitrogens with one attached hydrogen (secondary N) is 1. The molecule has 20 heavy (non-hydrogen) atoms. The van der Waals surface area contributed by atoms with Crippen LogP contribution in [0.2, 0.25) is 0 Å². The van der Waals surface area contributed by atoms with E-state index in [1.807, 2.05) is 18.2 Å². The number of hydrogen-bond donors (Lipinski definition) is 2. The molecular weight excluding hydrogens is 278 g/mol. The highest BCUT2D eigenvalue weighted by Gasteiger charge is 2.23. The molecule has 2 aromatic heterocycles. The highest BCUT2D eigenvalue weighted by Crippen LogP contribution is 2.20. The van der Waals surface area contributed by atoms with Crippen molar-refractivity contribution in [3.05, 3.63) is 35.8 Å². The number of sulfonamides is 1. The minimum Gasteiger partial charge on any atom is -0.381 e. The molecule has 0 aliphatic heterocycles. The van der Waals surface area contributed by atoms with Gasteiger partial charge in [-0.2, -0.15) is 5.10 Å². The Labute approximate surface area is 117 Å². The van der Waals surface area contributed by atoms with Gasteiger partial charge >= 0.3 is 0 Å². The van der Waals surface area contributed by atoms with E-state index in [9.17, 15) is 8.42 Å². The Morgan fingerprint density at radius 1 is 1.40 bits per heavy atom. The van der Waals surface area contributed by atoms with Gasteiger partial charge in [-0.15, -0.1) is 0 Å². The van der Waals surface area contributed by atoms with Crippen LogP contribution >= 0.6 is 0 Å². The first kappa shape index (κ1) is 14.5. The number of nitrogens with zero attached hydrogens (tertiary/aromatic N) is 3. The molecule has 2 heterocycles. The molecule has 0 bridgehead atoms. The van der Waals surface area contributed by atoms with E-state index in [4.69, 9.17) is 5.73 Å². The highest BCUT2D eigenvalue weighted by atomic mass is 32.2. The summed E-state index contributed by atoms with van der Waals surface area (Å²) in [6.07, 6.45) is 2.19. The molecule has 108 valence electrons. The van der Waals surface area contributed by atoms with Crippen LogP contribution in [0.4, 0.5) is 5.82 Å². The molecule has 0 amide bonds. The fourth-order valence-electron chi connectivity index (χ4n) is 1.88. The van der Waals surface area contributed by atoms with Crippen LogP contribution in [0.5, 0.6) is 0 Å². The van der Waals surface area contributed by atoms with Gasteiger partial charge in [0.15, 0.2) is 5.82 Å². The second kappa shape index (κ2) is 5.59. The maximum Gasteiger partial charge on any atom is 0.246 e. The van der Waals surface area contributed by atoms with Gasteiger partial charge in [0, 0.05) is 31.9 Å². The van der Waals surface area contributed by atoms with Crippen LogP contribution < -0.4 is 10.5 Å². The van der Waals surface area contributed by atoms with Gasteiger partial charge in [-0.3, -0.25) is 9.67 Å². The van der Waals surface area contributed by atoms with Crippen LogP contribution in [0.3, 0.4) is 0 Å². The number of aromatic nitrogens is 3. The summed E-state index contributed by atoms with van der Waals surface area (Å²) in [4.78, 5) is 4.18. The first-order valence-corrected chi connectivity index (χ1v) is 7.59. The molecule has 0 aliphatic rings. The summed E-state index contributed by atoms with van der Waals surface area (Å²) in [5.74, 6) is 0.00957. The summed E-state index contributed by atoms with van der Waals surface area (Å²) < 4.78 is 28.4. The van der Waals surface area contributed by atoms with E-state index in [2.05, 4.69) is 14.8 Å². The Bertz CT molecular complexity index is 694. The number of nitrogen functional groups attached to an aromatic ring is 1. The lowest BCUT2D eigenvalue weighted by Crippen LogP contribution is -2.27. The topological polar surface area (TPSA) is 103 Å². The van der Waals surface area contributed by atoms with Gasteiger partial charge in [0.1, 0.15) is 4.90 Å². The summed E-state index contributed by atoms with van der Waals surface area (Å²) in [7, 11) is -2.01. The highest BCUT2D eigenvalue weighted by molar-refractivity contribution is 7.89. The third-order valence-electron chi connectivity index (χ3n) is 2.97. The third kappa shape index (κ3) is 2.97. The van der Waals surface area contributed by atoms with E-state index < -0.39 is 10.0 Å². The molecule has 0 saturated carbocycles. The molecule has 0 atom stereocenters. The molecule has 0 unspecified atom stereocenters. The summed E-state index contributed by atoms with van der Waals surface area (Å²) >= 11 is 0. The Morgan fingerprint density at radius 2 is 2.15 bits per heavy atom. The number of hydrogen-bond acceptors (Lipinski definition) is 5. The Balaban J connectivity index is 2.08. The number of aryl methyl sites for hydroxylation is 1. The summed E-state index contributed by atoms with van der Waals surface area (Å²) in [6, 6.07) is 5.52. The van der Waals surface area contributed by atoms with Crippen molar-refractivity contribution >= 4 is 15.8 Å². The molecule has 2 aromatic rings. The lowest BCUT2D eigenvalue weighted by Gasteiger charge is -2.06. The van der Waals surface area contributed by atoms with Crippen molar-refractivity contribution in [2.45, 2.75) is 18.2 Å². The second-order valence-electron chi connectivity index (χ2n) is 4.39. The van der Waals surface area contributed by atoms with Crippen LogP contribution in [-0.4, -0.2) is 29.7 Å². The number of pyridine rings is 1. The SMILES string of the molecule is Cc1c(S(=O)(=O)NCCc2ccccn2)c(N)nn1C. The van der Waals surface area contributed by atoms with Gasteiger partial charge in [-0.25, -0.2) is 13.1 Å². The molecule has 2 rings (SSSR count). The minimum atomic E-state index is -3.66. The molecular formula is C12H17N5O2S. The molecule has 8 heteroatoms. The van der Waals surface area contributed by atoms with Crippen LogP contribution in [0.25, 0.3) is 0 Å². The van der Waals surface area contributed by atoms with Crippen molar-refractivity contribution in [3.63, 3.8) is 0 Å². The van der Waals surface area contributed by atoms with Crippen molar-refractivity contribution in [2.24, 2.45) is 7.05 Å². The average Bonchev–Trinajstić information content (AvgIpc) is 2.64. The number of rotatable bonds is 5. The maximum absolute atomic E-state index is 12.2. The molecule has 0 aliphatic carbocycles. The van der Waals surface area contributed by atoms with Crippen LogP contribution in [0.1, 0.15) is 11.4 Å². The van der Waals surface area contributed by atoms with Gasteiger partial charge in [-0.1, -0.05) is 6.07 Å². The third-order valence-corrected chi connectivity index (χ3v) is 4.60. The fraction of sp³-hybridized carbons (Fsp3) is 0.333. The smallest absolute Gasteiger partial charge is 0.246 e. The van der Waals surface area contributed by atoms with Crippen molar-refractivity contribution < 1.29 is 8.42 Å². The van der Waals surface area contributed by atoms with Crippen molar-refractivity contribution in [1.29, 1.82) is 0 Å². The van der Waals surface area contributed by atoms with Gasteiger partial charge < -0.3 is 5.73 Å². The zero-order chi connectivity index (χ0) is 14.8. The van der Waals surface area contributed by atoms with Gasteiger partial charge in [0.05, 0.1) is 5.69 Å². The van der Waals surface area contributed by atoms with Gasteiger partial charge in [0.2, 0.25) is 10.0 Å². The summed E-state index contributed by atoms with van der Waals surface area (Å²) in [6.45, 7) is 1.92. The Hall–Kier alpha value is -1.93. The first-order valence-electron chi connectivity index (χ1n) is 6.10. The van der Waals surface area contributed by atoms with Gasteiger partial charge in [0.25, 0.3) is 0 Å². The zero-order valence-electron chi connectivity index (χ0n) is 11.4. The van der Waals surface area contributed by atoms with E-state index in [-0.39, 0.29) is 17.3 Å². The summed E-state index contributed by atoms with van der Waals surface area (Å²) in [5.41, 5.74) is 6.98. The quantitative estimate of drug-likeness (QED) is 0.821. The van der Waals surface area contributed by atoms with Crippen molar-refractivity contribution in [3.8, 4) is 0 Å². The lowest BCUT2D eigenvalue weighted by molar-refractivity contribution is 0.580. The molecule has 3 N–H and O–H groups in total. The van der Waals surface area contributed by atoms with E-state index >= 15 is 0 Å².